The van der Waals surface area contributed by atoms with Crippen molar-refractivity contribution in [2.24, 2.45) is 0 Å². The van der Waals surface area contributed by atoms with Gasteiger partial charge in [0.1, 0.15) is 5.82 Å². The molecule has 0 saturated carbocycles. The van der Waals surface area contributed by atoms with E-state index >= 15 is 0 Å². The summed E-state index contributed by atoms with van der Waals surface area (Å²) < 4.78 is 12.6. The Balaban J connectivity index is 3.01. The summed E-state index contributed by atoms with van der Waals surface area (Å²) in [5.74, 6) is -0.0925. The van der Waals surface area contributed by atoms with Gasteiger partial charge >= 0.3 is 0 Å². The lowest BCUT2D eigenvalue weighted by Gasteiger charge is -2.08. The molecular weight excluding hydrogens is 177 g/mol. The minimum Gasteiger partial charge on any atom is -0.256 e. The van der Waals surface area contributed by atoms with Crippen molar-refractivity contribution in [3.63, 3.8) is 0 Å². The van der Waals surface area contributed by atoms with Gasteiger partial charge in [0.15, 0.2) is 0 Å². The maximum absolute atomic E-state index is 12.6. The maximum atomic E-state index is 12.6. The summed E-state index contributed by atoms with van der Waals surface area (Å²) in [5.41, 5.74) is 0.778. The van der Waals surface area contributed by atoms with E-state index in [1.165, 1.54) is 12.3 Å². The lowest BCUT2D eigenvalue weighted by molar-refractivity contribution is 0.613. The van der Waals surface area contributed by atoms with Crippen LogP contribution in [0.4, 0.5) is 4.39 Å². The highest BCUT2D eigenvalue weighted by molar-refractivity contribution is 6.31. The molecule has 0 N–H and O–H groups in total. The predicted molar refractivity (Wildman–Crippen MR) is 47.9 cm³/mol. The van der Waals surface area contributed by atoms with E-state index in [9.17, 15) is 4.39 Å². The second-order valence-electron chi connectivity index (χ2n) is 2.83. The normalized spacial score (nSPS) is 13.0. The quantitative estimate of drug-likeness (QED) is 0.692. The van der Waals surface area contributed by atoms with Crippen molar-refractivity contribution >= 4 is 11.6 Å². The van der Waals surface area contributed by atoms with Crippen LogP contribution in [0, 0.1) is 5.82 Å². The molecule has 0 saturated heterocycles. The van der Waals surface area contributed by atoms with Crippen LogP contribution in [0.5, 0.6) is 0 Å². The molecule has 0 aliphatic rings. The summed E-state index contributed by atoms with van der Waals surface area (Å²) >= 11 is 5.80. The summed E-state index contributed by atoms with van der Waals surface area (Å²) in [4.78, 5) is 3.94. The number of pyridine rings is 1. The Morgan fingerprint density at radius 3 is 2.83 bits per heavy atom. The number of nitrogens with zero attached hydrogens (tertiary/aromatic N) is 1. The average Bonchev–Trinajstić information content (AvgIpc) is 2.03. The topological polar surface area (TPSA) is 12.9 Å². The summed E-state index contributed by atoms with van der Waals surface area (Å²) in [6.45, 7) is 4.07. The first-order chi connectivity index (χ1) is 5.65. The standard InChI is InChI=1S/C9H11ClFN/c1-3-6(2)9-8(10)4-7(11)5-12-9/h4-6H,3H2,1-2H3. The molecule has 66 valence electrons. The molecule has 1 aromatic heterocycles. The highest BCUT2D eigenvalue weighted by atomic mass is 35.5. The van der Waals surface area contributed by atoms with E-state index in [4.69, 9.17) is 11.6 Å². The Morgan fingerprint density at radius 1 is 1.67 bits per heavy atom. The Morgan fingerprint density at radius 2 is 2.33 bits per heavy atom. The summed E-state index contributed by atoms with van der Waals surface area (Å²) in [7, 11) is 0. The molecule has 3 heteroatoms. The van der Waals surface area contributed by atoms with E-state index in [2.05, 4.69) is 4.98 Å². The lowest BCUT2D eigenvalue weighted by atomic mass is 10.0. The second kappa shape index (κ2) is 3.85. The number of halogens is 2. The van der Waals surface area contributed by atoms with E-state index in [1.807, 2.05) is 13.8 Å². The van der Waals surface area contributed by atoms with Crippen LogP contribution in [-0.2, 0) is 0 Å². The second-order valence-corrected chi connectivity index (χ2v) is 3.24. The van der Waals surface area contributed by atoms with Crippen molar-refractivity contribution in [1.82, 2.24) is 4.98 Å². The fourth-order valence-electron chi connectivity index (χ4n) is 0.981. The Labute approximate surface area is 76.6 Å². The van der Waals surface area contributed by atoms with E-state index in [0.29, 0.717) is 5.02 Å². The van der Waals surface area contributed by atoms with Gasteiger partial charge in [-0.1, -0.05) is 25.4 Å². The molecule has 0 aliphatic carbocycles. The molecule has 0 aromatic carbocycles. The van der Waals surface area contributed by atoms with Crippen molar-refractivity contribution in [3.05, 3.63) is 28.8 Å². The van der Waals surface area contributed by atoms with Crippen molar-refractivity contribution in [2.45, 2.75) is 26.2 Å². The molecule has 0 aliphatic heterocycles. The Hall–Kier alpha value is -0.630. The molecular formula is C9H11ClFN. The molecule has 1 unspecified atom stereocenters. The lowest BCUT2D eigenvalue weighted by Crippen LogP contribution is -1.97. The van der Waals surface area contributed by atoms with Crippen LogP contribution in [0.15, 0.2) is 12.3 Å². The van der Waals surface area contributed by atoms with Crippen molar-refractivity contribution in [1.29, 1.82) is 0 Å². The zero-order valence-corrected chi connectivity index (χ0v) is 7.90. The van der Waals surface area contributed by atoms with Crippen molar-refractivity contribution in [2.75, 3.05) is 0 Å². The number of hydrogen-bond donors (Lipinski definition) is 0. The first-order valence-corrected chi connectivity index (χ1v) is 4.34. The van der Waals surface area contributed by atoms with E-state index in [1.54, 1.807) is 0 Å². The smallest absolute Gasteiger partial charge is 0.142 e. The predicted octanol–water partition coefficient (Wildman–Crippen LogP) is 3.39. The molecule has 12 heavy (non-hydrogen) atoms. The molecule has 1 heterocycles. The van der Waals surface area contributed by atoms with Gasteiger partial charge in [-0.05, 0) is 18.4 Å². The molecule has 0 bridgehead atoms. The fraction of sp³-hybridized carbons (Fsp3) is 0.444. The Bertz CT molecular complexity index is 275. The third-order valence-corrected chi connectivity index (χ3v) is 2.22. The van der Waals surface area contributed by atoms with Gasteiger partial charge in [-0.3, -0.25) is 4.98 Å². The van der Waals surface area contributed by atoms with Gasteiger partial charge in [-0.25, -0.2) is 4.39 Å². The van der Waals surface area contributed by atoms with Crippen LogP contribution >= 0.6 is 11.6 Å². The highest BCUT2D eigenvalue weighted by Crippen LogP contribution is 2.24. The van der Waals surface area contributed by atoms with E-state index in [-0.39, 0.29) is 11.7 Å². The molecule has 1 nitrogen and oxygen atoms in total. The zero-order valence-electron chi connectivity index (χ0n) is 7.14. The van der Waals surface area contributed by atoms with Crippen LogP contribution in [0.1, 0.15) is 31.9 Å². The molecule has 0 radical (unpaired) electrons. The van der Waals surface area contributed by atoms with E-state index in [0.717, 1.165) is 12.1 Å². The molecule has 1 aromatic rings. The number of rotatable bonds is 2. The van der Waals surface area contributed by atoms with Crippen molar-refractivity contribution in [3.8, 4) is 0 Å². The zero-order chi connectivity index (χ0) is 9.14. The van der Waals surface area contributed by atoms with Gasteiger partial charge in [0.25, 0.3) is 0 Å². The summed E-state index contributed by atoms with van der Waals surface area (Å²) in [6.07, 6.45) is 2.16. The fourth-order valence-corrected chi connectivity index (χ4v) is 1.32. The monoisotopic (exact) mass is 187 g/mol. The van der Waals surface area contributed by atoms with Crippen LogP contribution in [0.2, 0.25) is 5.02 Å². The van der Waals surface area contributed by atoms with Gasteiger partial charge in [0.2, 0.25) is 0 Å². The first kappa shape index (κ1) is 9.46. The Kier molecular flexibility index (Phi) is 3.04. The summed E-state index contributed by atoms with van der Waals surface area (Å²) in [6, 6.07) is 1.30. The van der Waals surface area contributed by atoms with Gasteiger partial charge in [-0.15, -0.1) is 0 Å². The first-order valence-electron chi connectivity index (χ1n) is 3.96. The van der Waals surface area contributed by atoms with Crippen molar-refractivity contribution < 1.29 is 4.39 Å². The highest BCUT2D eigenvalue weighted by Gasteiger charge is 2.09. The molecule has 0 amide bonds. The van der Waals surface area contributed by atoms with Gasteiger partial charge < -0.3 is 0 Å². The SMILES string of the molecule is CCC(C)c1ncc(F)cc1Cl. The molecule has 1 rings (SSSR count). The van der Waals surface area contributed by atoms with Gasteiger partial charge in [-0.2, -0.15) is 0 Å². The average molecular weight is 188 g/mol. The van der Waals surface area contributed by atoms with E-state index < -0.39 is 0 Å². The molecule has 0 spiro atoms. The van der Waals surface area contributed by atoms with Gasteiger partial charge in [0.05, 0.1) is 16.9 Å². The largest absolute Gasteiger partial charge is 0.256 e. The van der Waals surface area contributed by atoms with Crippen LogP contribution in [-0.4, -0.2) is 4.98 Å². The number of hydrogen-bond acceptors (Lipinski definition) is 1. The molecule has 1 atom stereocenters. The van der Waals surface area contributed by atoms with Gasteiger partial charge in [0, 0.05) is 0 Å². The number of aromatic nitrogens is 1. The van der Waals surface area contributed by atoms with Crippen LogP contribution < -0.4 is 0 Å². The minimum absolute atomic E-state index is 0.290. The third-order valence-electron chi connectivity index (χ3n) is 1.92. The maximum Gasteiger partial charge on any atom is 0.142 e. The minimum atomic E-state index is -0.382. The van der Waals surface area contributed by atoms with Crippen LogP contribution in [0.3, 0.4) is 0 Å². The molecule has 0 fully saturated rings. The summed E-state index contributed by atoms with van der Waals surface area (Å²) in [5, 5.41) is 0.421. The van der Waals surface area contributed by atoms with Crippen LogP contribution in [0.25, 0.3) is 0 Å². The third kappa shape index (κ3) is 1.95.